The molecule has 2 amide bonds. The average molecular weight is 337 g/mol. The lowest BCUT2D eigenvalue weighted by atomic mass is 10.1. The zero-order valence-electron chi connectivity index (χ0n) is 14.7. The van der Waals surface area contributed by atoms with Crippen LogP contribution >= 0.6 is 0 Å². The fourth-order valence-electron chi connectivity index (χ4n) is 1.96. The van der Waals surface area contributed by atoms with Crippen LogP contribution in [0.3, 0.4) is 0 Å². The van der Waals surface area contributed by atoms with E-state index in [-0.39, 0.29) is 30.9 Å². The van der Waals surface area contributed by atoms with Gasteiger partial charge in [-0.2, -0.15) is 0 Å². The molecular weight excluding hydrogens is 310 g/mol. The number of benzene rings is 1. The standard InChI is InChI=1S/C17H27N3O4/c1-11(2)10-24-14-6-5-13(7-15(14)23-4)12(3)20-17(22)9-19-16(21)8-18/h5-7,11-12H,8-10,18H2,1-4H3,(H,19,21)(H,20,22). The summed E-state index contributed by atoms with van der Waals surface area (Å²) >= 11 is 0. The number of amides is 2. The van der Waals surface area contributed by atoms with Crippen LogP contribution in [0.25, 0.3) is 0 Å². The Morgan fingerprint density at radius 1 is 1.17 bits per heavy atom. The Balaban J connectivity index is 2.68. The predicted octanol–water partition coefficient (Wildman–Crippen LogP) is 0.982. The summed E-state index contributed by atoms with van der Waals surface area (Å²) in [6.45, 7) is 6.35. The summed E-state index contributed by atoms with van der Waals surface area (Å²) < 4.78 is 11.1. The van der Waals surface area contributed by atoms with Crippen molar-refractivity contribution in [3.05, 3.63) is 23.8 Å². The average Bonchev–Trinajstić information content (AvgIpc) is 2.57. The Labute approximate surface area is 142 Å². The van der Waals surface area contributed by atoms with Gasteiger partial charge in [-0.3, -0.25) is 9.59 Å². The second kappa shape index (κ2) is 9.77. The van der Waals surface area contributed by atoms with Crippen LogP contribution in [0.1, 0.15) is 32.4 Å². The maximum atomic E-state index is 11.8. The zero-order chi connectivity index (χ0) is 18.1. The number of nitrogens with one attached hydrogen (secondary N) is 2. The molecule has 1 rings (SSSR count). The predicted molar refractivity (Wildman–Crippen MR) is 91.9 cm³/mol. The number of methoxy groups -OCH3 is 1. The van der Waals surface area contributed by atoms with Gasteiger partial charge in [0.1, 0.15) is 0 Å². The van der Waals surface area contributed by atoms with Crippen molar-refractivity contribution in [1.29, 1.82) is 0 Å². The fourth-order valence-corrected chi connectivity index (χ4v) is 1.96. The maximum absolute atomic E-state index is 11.8. The topological polar surface area (TPSA) is 103 Å². The highest BCUT2D eigenvalue weighted by Gasteiger charge is 2.13. The van der Waals surface area contributed by atoms with E-state index in [0.717, 1.165) is 5.56 Å². The molecule has 0 heterocycles. The first-order valence-corrected chi connectivity index (χ1v) is 7.94. The molecule has 0 spiro atoms. The molecule has 0 aliphatic carbocycles. The van der Waals surface area contributed by atoms with E-state index in [0.29, 0.717) is 24.0 Å². The summed E-state index contributed by atoms with van der Waals surface area (Å²) in [6.07, 6.45) is 0. The van der Waals surface area contributed by atoms with Gasteiger partial charge in [0, 0.05) is 0 Å². The van der Waals surface area contributed by atoms with Gasteiger partial charge in [-0.05, 0) is 30.5 Å². The third-order valence-corrected chi connectivity index (χ3v) is 3.27. The summed E-state index contributed by atoms with van der Waals surface area (Å²) in [5.74, 6) is 1.04. The van der Waals surface area contributed by atoms with Crippen LogP contribution in [-0.4, -0.2) is 38.6 Å². The van der Waals surface area contributed by atoms with Crippen molar-refractivity contribution in [3.8, 4) is 11.5 Å². The summed E-state index contributed by atoms with van der Waals surface area (Å²) in [4.78, 5) is 22.9. The first-order valence-electron chi connectivity index (χ1n) is 7.94. The van der Waals surface area contributed by atoms with Crippen LogP contribution in [0.5, 0.6) is 11.5 Å². The maximum Gasteiger partial charge on any atom is 0.239 e. The van der Waals surface area contributed by atoms with Crippen LogP contribution in [0.15, 0.2) is 18.2 Å². The number of hydrogen-bond acceptors (Lipinski definition) is 5. The monoisotopic (exact) mass is 337 g/mol. The molecule has 24 heavy (non-hydrogen) atoms. The van der Waals surface area contributed by atoms with E-state index in [2.05, 4.69) is 24.5 Å². The lowest BCUT2D eigenvalue weighted by Crippen LogP contribution is -2.40. The third kappa shape index (κ3) is 6.45. The van der Waals surface area contributed by atoms with Crippen molar-refractivity contribution in [2.75, 3.05) is 26.8 Å². The number of carbonyl (C=O) groups is 2. The minimum atomic E-state index is -0.369. The minimum absolute atomic E-state index is 0.104. The van der Waals surface area contributed by atoms with Crippen molar-refractivity contribution >= 4 is 11.8 Å². The molecule has 0 radical (unpaired) electrons. The van der Waals surface area contributed by atoms with Crippen LogP contribution in [0.2, 0.25) is 0 Å². The second-order valence-corrected chi connectivity index (χ2v) is 5.89. The first kappa shape index (κ1) is 19.8. The number of ether oxygens (including phenoxy) is 2. The van der Waals surface area contributed by atoms with Crippen molar-refractivity contribution in [2.24, 2.45) is 11.7 Å². The molecule has 0 fully saturated rings. The summed E-state index contributed by atoms with van der Waals surface area (Å²) in [5.41, 5.74) is 6.05. The Hall–Kier alpha value is -2.28. The third-order valence-electron chi connectivity index (χ3n) is 3.27. The Kier molecular flexibility index (Phi) is 8.05. The van der Waals surface area contributed by atoms with E-state index >= 15 is 0 Å². The van der Waals surface area contributed by atoms with Gasteiger partial charge in [-0.25, -0.2) is 0 Å². The molecule has 0 aliphatic heterocycles. The highest BCUT2D eigenvalue weighted by atomic mass is 16.5. The quantitative estimate of drug-likeness (QED) is 0.623. The van der Waals surface area contributed by atoms with Gasteiger partial charge >= 0.3 is 0 Å². The molecule has 7 nitrogen and oxygen atoms in total. The van der Waals surface area contributed by atoms with Gasteiger partial charge in [0.2, 0.25) is 11.8 Å². The van der Waals surface area contributed by atoms with E-state index < -0.39 is 0 Å². The van der Waals surface area contributed by atoms with Crippen LogP contribution in [0, 0.1) is 5.92 Å². The summed E-state index contributed by atoms with van der Waals surface area (Å²) in [5, 5.41) is 5.23. The zero-order valence-corrected chi connectivity index (χ0v) is 14.7. The molecule has 0 aliphatic rings. The largest absolute Gasteiger partial charge is 0.493 e. The lowest BCUT2D eigenvalue weighted by molar-refractivity contribution is -0.125. The number of rotatable bonds is 9. The Morgan fingerprint density at radius 2 is 1.88 bits per heavy atom. The molecule has 0 bridgehead atoms. The molecule has 1 aromatic carbocycles. The molecule has 1 atom stereocenters. The molecule has 0 saturated heterocycles. The normalized spacial score (nSPS) is 11.8. The van der Waals surface area contributed by atoms with Crippen molar-refractivity contribution in [2.45, 2.75) is 26.8 Å². The number of hydrogen-bond donors (Lipinski definition) is 3. The SMILES string of the molecule is COc1cc(C(C)NC(=O)CNC(=O)CN)ccc1OCC(C)C. The van der Waals surface area contributed by atoms with Crippen LogP contribution in [-0.2, 0) is 9.59 Å². The highest BCUT2D eigenvalue weighted by Crippen LogP contribution is 2.30. The van der Waals surface area contributed by atoms with E-state index in [1.165, 1.54) is 0 Å². The Bertz CT molecular complexity index is 561. The number of nitrogens with two attached hydrogens (primary N) is 1. The van der Waals surface area contributed by atoms with E-state index in [1.54, 1.807) is 7.11 Å². The molecular formula is C17H27N3O4. The minimum Gasteiger partial charge on any atom is -0.493 e. The molecule has 134 valence electrons. The molecule has 7 heteroatoms. The second-order valence-electron chi connectivity index (χ2n) is 5.89. The van der Waals surface area contributed by atoms with Gasteiger partial charge in [0.25, 0.3) is 0 Å². The lowest BCUT2D eigenvalue weighted by Gasteiger charge is -2.18. The molecule has 1 unspecified atom stereocenters. The van der Waals surface area contributed by atoms with Crippen molar-refractivity contribution in [1.82, 2.24) is 10.6 Å². The van der Waals surface area contributed by atoms with E-state index in [4.69, 9.17) is 15.2 Å². The van der Waals surface area contributed by atoms with Gasteiger partial charge in [-0.1, -0.05) is 19.9 Å². The summed E-state index contributed by atoms with van der Waals surface area (Å²) in [6, 6.07) is 5.30. The number of carbonyl (C=O) groups excluding carboxylic acids is 2. The Morgan fingerprint density at radius 3 is 2.46 bits per heavy atom. The smallest absolute Gasteiger partial charge is 0.239 e. The van der Waals surface area contributed by atoms with Gasteiger partial charge in [0.05, 0.1) is 32.8 Å². The van der Waals surface area contributed by atoms with Gasteiger partial charge in [-0.15, -0.1) is 0 Å². The molecule has 1 aromatic rings. The molecule has 0 aromatic heterocycles. The first-order chi connectivity index (χ1) is 11.4. The van der Waals surface area contributed by atoms with E-state index in [1.807, 2.05) is 25.1 Å². The van der Waals surface area contributed by atoms with Crippen molar-refractivity contribution in [3.63, 3.8) is 0 Å². The van der Waals surface area contributed by atoms with Crippen LogP contribution < -0.4 is 25.8 Å². The molecule has 4 N–H and O–H groups in total. The summed E-state index contributed by atoms with van der Waals surface area (Å²) in [7, 11) is 1.58. The van der Waals surface area contributed by atoms with Gasteiger partial charge < -0.3 is 25.8 Å². The van der Waals surface area contributed by atoms with Gasteiger partial charge in [0.15, 0.2) is 11.5 Å². The highest BCUT2D eigenvalue weighted by molar-refractivity contribution is 5.85. The molecule has 0 saturated carbocycles. The van der Waals surface area contributed by atoms with Crippen LogP contribution in [0.4, 0.5) is 0 Å². The fraction of sp³-hybridized carbons (Fsp3) is 0.529. The van der Waals surface area contributed by atoms with Crippen molar-refractivity contribution < 1.29 is 19.1 Å². The van der Waals surface area contributed by atoms with E-state index in [9.17, 15) is 9.59 Å².